The van der Waals surface area contributed by atoms with Crippen molar-refractivity contribution in [1.29, 1.82) is 0 Å². The number of urea groups is 1. The summed E-state index contributed by atoms with van der Waals surface area (Å²) in [5.74, 6) is -1.83. The van der Waals surface area contributed by atoms with Crippen LogP contribution >= 0.6 is 24.8 Å². The van der Waals surface area contributed by atoms with Gasteiger partial charge in [0.2, 0.25) is 0 Å². The van der Waals surface area contributed by atoms with Crippen molar-refractivity contribution in [3.05, 3.63) is 35.9 Å². The Morgan fingerprint density at radius 3 is 1.44 bits per heavy atom. The van der Waals surface area contributed by atoms with Crippen LogP contribution in [0.5, 0.6) is 0 Å². The van der Waals surface area contributed by atoms with Crippen LogP contribution in [-0.4, -0.2) is 112 Å². The minimum absolute atomic E-state index is 0. The summed E-state index contributed by atoms with van der Waals surface area (Å²) in [6.07, 6.45) is 7.38. The SMILES string of the molecule is CCC1(c2ccccc2)C(=O)N(CC(=O)CCN2CCCCC2)C(=O)N(CC(=O)CCN2CCCCC2)C1=O.Cl.Cl.O.O. The van der Waals surface area contributed by atoms with Crippen molar-refractivity contribution in [3.63, 3.8) is 0 Å². The third kappa shape index (κ3) is 9.54. The van der Waals surface area contributed by atoms with Gasteiger partial charge in [0.1, 0.15) is 0 Å². The Bertz CT molecular complexity index is 1010. The van der Waals surface area contributed by atoms with Crippen LogP contribution in [0.25, 0.3) is 0 Å². The lowest BCUT2D eigenvalue weighted by Crippen LogP contribution is -2.68. The molecule has 3 heterocycles. The first-order valence-electron chi connectivity index (χ1n) is 14.6. The Morgan fingerprint density at radius 2 is 1.07 bits per heavy atom. The highest BCUT2D eigenvalue weighted by Gasteiger charge is 2.57. The van der Waals surface area contributed by atoms with Gasteiger partial charge in [-0.3, -0.25) is 29.0 Å². The molecule has 13 heteroatoms. The zero-order chi connectivity index (χ0) is 27.8. The number of Topliss-reactive ketones (excluding diaryl/α,β-unsaturated/α-hetero) is 2. The van der Waals surface area contributed by atoms with Gasteiger partial charge in [-0.25, -0.2) is 4.79 Å². The lowest BCUT2D eigenvalue weighted by molar-refractivity contribution is -0.155. The maximum Gasteiger partial charge on any atom is 0.334 e. The quantitative estimate of drug-likeness (QED) is 0.314. The standard InChI is InChI=1S/C30H42N4O5.2ClH.2H2O/c1-2-30(24-12-6-3-7-13-24)27(37)33(22-25(35)14-20-31-16-8-4-9-17-31)29(39)34(28(30)38)23-26(36)15-21-32-18-10-5-11-19-32;;;;/h3,6-7,12-13H,2,4-5,8-11,14-23H2,1H3;2*1H;2*1H2. The molecule has 0 aliphatic carbocycles. The van der Waals surface area contributed by atoms with E-state index in [9.17, 15) is 24.0 Å². The lowest BCUT2D eigenvalue weighted by Gasteiger charge is -2.43. The summed E-state index contributed by atoms with van der Waals surface area (Å²) in [6.45, 7) is 5.90. The monoisotopic (exact) mass is 646 g/mol. The van der Waals surface area contributed by atoms with E-state index < -0.39 is 36.3 Å². The number of hydrogen-bond donors (Lipinski definition) is 0. The molecule has 3 aliphatic heterocycles. The Balaban J connectivity index is 0.00000441. The Hall–Kier alpha value is -2.41. The molecule has 4 rings (SSSR count). The number of imide groups is 2. The molecular formula is C30H48Cl2N4O7. The van der Waals surface area contributed by atoms with Gasteiger partial charge in [0.25, 0.3) is 11.8 Å². The van der Waals surface area contributed by atoms with Crippen LogP contribution in [0.15, 0.2) is 30.3 Å². The Morgan fingerprint density at radius 1 is 0.674 bits per heavy atom. The van der Waals surface area contributed by atoms with Gasteiger partial charge in [-0.2, -0.15) is 0 Å². The van der Waals surface area contributed by atoms with Crippen LogP contribution in [0.1, 0.15) is 70.3 Å². The van der Waals surface area contributed by atoms with E-state index in [4.69, 9.17) is 0 Å². The molecule has 0 unspecified atom stereocenters. The van der Waals surface area contributed by atoms with Crippen LogP contribution < -0.4 is 0 Å². The number of ketones is 2. The van der Waals surface area contributed by atoms with E-state index in [1.807, 2.05) is 0 Å². The van der Waals surface area contributed by atoms with E-state index in [0.717, 1.165) is 61.7 Å². The minimum atomic E-state index is -1.66. The molecule has 0 aromatic heterocycles. The van der Waals surface area contributed by atoms with Crippen molar-refractivity contribution in [3.8, 4) is 0 Å². The number of hydrogen-bond acceptors (Lipinski definition) is 7. The summed E-state index contributed by atoms with van der Waals surface area (Å²) >= 11 is 0. The van der Waals surface area contributed by atoms with E-state index in [-0.39, 0.29) is 66.6 Å². The number of carbonyl (C=O) groups is 5. The first kappa shape index (κ1) is 40.6. The molecule has 11 nitrogen and oxygen atoms in total. The molecule has 1 aromatic rings. The normalized spacial score (nSPS) is 19.0. The van der Waals surface area contributed by atoms with Gasteiger partial charge in [-0.15, -0.1) is 24.8 Å². The van der Waals surface area contributed by atoms with Crippen molar-refractivity contribution >= 4 is 54.2 Å². The zero-order valence-corrected chi connectivity index (χ0v) is 26.7. The van der Waals surface area contributed by atoms with Gasteiger partial charge >= 0.3 is 6.03 Å². The van der Waals surface area contributed by atoms with Crippen LogP contribution in [0, 0.1) is 0 Å². The van der Waals surface area contributed by atoms with Crippen LogP contribution in [0.4, 0.5) is 4.79 Å². The van der Waals surface area contributed by atoms with Crippen LogP contribution in [0.2, 0.25) is 0 Å². The molecule has 43 heavy (non-hydrogen) atoms. The van der Waals surface area contributed by atoms with Gasteiger partial charge in [0, 0.05) is 25.9 Å². The number of carbonyl (C=O) groups excluding carboxylic acids is 5. The van der Waals surface area contributed by atoms with Gasteiger partial charge in [0.15, 0.2) is 17.0 Å². The fraction of sp³-hybridized carbons (Fsp3) is 0.633. The first-order chi connectivity index (χ1) is 18.9. The largest absolute Gasteiger partial charge is 0.412 e. The molecule has 244 valence electrons. The van der Waals surface area contributed by atoms with E-state index >= 15 is 0 Å². The van der Waals surface area contributed by atoms with Crippen molar-refractivity contribution in [2.45, 2.75) is 70.1 Å². The second kappa shape index (κ2) is 19.1. The molecule has 0 saturated carbocycles. The highest BCUT2D eigenvalue weighted by molar-refractivity contribution is 6.24. The maximum absolute atomic E-state index is 13.9. The van der Waals surface area contributed by atoms with Crippen molar-refractivity contribution < 1.29 is 34.9 Å². The number of piperidine rings is 2. The summed E-state index contributed by atoms with van der Waals surface area (Å²) in [6, 6.07) is 7.80. The summed E-state index contributed by atoms with van der Waals surface area (Å²) < 4.78 is 0. The van der Waals surface area contributed by atoms with Gasteiger partial charge in [0.05, 0.1) is 13.1 Å². The Labute approximate surface area is 266 Å². The third-order valence-corrected chi connectivity index (χ3v) is 8.46. The smallest absolute Gasteiger partial charge is 0.334 e. The number of amides is 4. The zero-order valence-electron chi connectivity index (χ0n) is 25.1. The highest BCUT2D eigenvalue weighted by atomic mass is 35.5. The third-order valence-electron chi connectivity index (χ3n) is 8.46. The van der Waals surface area contributed by atoms with Crippen molar-refractivity contribution in [2.24, 2.45) is 0 Å². The second-order valence-electron chi connectivity index (χ2n) is 11.1. The molecule has 0 atom stereocenters. The van der Waals surface area contributed by atoms with Crippen LogP contribution in [0.3, 0.4) is 0 Å². The number of barbiturate groups is 1. The van der Waals surface area contributed by atoms with Gasteiger partial charge in [-0.05, 0) is 63.8 Å². The number of likely N-dealkylation sites (tertiary alicyclic amines) is 2. The Kier molecular flexibility index (Phi) is 18.0. The summed E-state index contributed by atoms with van der Waals surface area (Å²) in [5.41, 5.74) is -1.19. The topological polar surface area (TPSA) is 161 Å². The fourth-order valence-electron chi connectivity index (χ4n) is 6.07. The van der Waals surface area contributed by atoms with E-state index in [2.05, 4.69) is 9.80 Å². The molecule has 3 aliphatic rings. The predicted molar refractivity (Wildman–Crippen MR) is 169 cm³/mol. The average Bonchev–Trinajstić information content (AvgIpc) is 2.97. The lowest BCUT2D eigenvalue weighted by atomic mass is 9.74. The summed E-state index contributed by atoms with van der Waals surface area (Å²) in [4.78, 5) is 73.7. The molecule has 1 aromatic carbocycles. The molecule has 3 fully saturated rings. The maximum atomic E-state index is 13.9. The van der Waals surface area contributed by atoms with Crippen molar-refractivity contribution in [2.75, 3.05) is 52.4 Å². The molecule has 0 spiro atoms. The fourth-order valence-corrected chi connectivity index (χ4v) is 6.07. The number of rotatable bonds is 12. The average molecular weight is 648 g/mol. The summed E-state index contributed by atoms with van der Waals surface area (Å²) in [7, 11) is 0. The van der Waals surface area contributed by atoms with E-state index in [1.54, 1.807) is 37.3 Å². The molecule has 3 saturated heterocycles. The number of halogens is 2. The van der Waals surface area contributed by atoms with E-state index in [1.165, 1.54) is 12.8 Å². The molecule has 0 radical (unpaired) electrons. The highest BCUT2D eigenvalue weighted by Crippen LogP contribution is 2.36. The predicted octanol–water partition coefficient (Wildman–Crippen LogP) is 2.21. The van der Waals surface area contributed by atoms with Crippen LogP contribution in [-0.2, 0) is 24.6 Å². The molecule has 4 N–H and O–H groups in total. The molecule has 4 amide bonds. The van der Waals surface area contributed by atoms with Crippen molar-refractivity contribution in [1.82, 2.24) is 19.6 Å². The second-order valence-corrected chi connectivity index (χ2v) is 11.1. The van der Waals surface area contributed by atoms with Gasteiger partial charge in [-0.1, -0.05) is 50.1 Å². The van der Waals surface area contributed by atoms with E-state index in [0.29, 0.717) is 18.7 Å². The summed E-state index contributed by atoms with van der Waals surface area (Å²) in [5, 5.41) is 0. The van der Waals surface area contributed by atoms with Gasteiger partial charge < -0.3 is 20.8 Å². The number of nitrogens with zero attached hydrogens (tertiary/aromatic N) is 4. The molecular weight excluding hydrogens is 599 g/mol. The minimum Gasteiger partial charge on any atom is -0.412 e. The first-order valence-corrected chi connectivity index (χ1v) is 14.6. The number of benzene rings is 1. The molecule has 0 bridgehead atoms.